The van der Waals surface area contributed by atoms with Crippen LogP contribution in [0.3, 0.4) is 0 Å². The van der Waals surface area contributed by atoms with Crippen molar-refractivity contribution in [3.63, 3.8) is 0 Å². The van der Waals surface area contributed by atoms with E-state index in [9.17, 15) is 0 Å². The number of aromatic nitrogens is 2. The van der Waals surface area contributed by atoms with Gasteiger partial charge in [-0.15, -0.1) is 17.0 Å². The number of rotatable bonds is 3. The Balaban J connectivity index is 0.00000112. The van der Waals surface area contributed by atoms with Crippen molar-refractivity contribution in [2.45, 2.75) is 31.7 Å². The molecule has 1 saturated carbocycles. The first-order chi connectivity index (χ1) is 6.88. The van der Waals surface area contributed by atoms with E-state index >= 15 is 0 Å². The molecule has 0 aromatic carbocycles. The van der Waals surface area contributed by atoms with Gasteiger partial charge < -0.3 is 16.0 Å². The molecule has 0 spiro atoms. The highest BCUT2D eigenvalue weighted by molar-refractivity contribution is 8.93. The molecule has 0 atom stereocenters. The molecule has 1 fully saturated rings. The van der Waals surface area contributed by atoms with Crippen molar-refractivity contribution in [2.24, 2.45) is 11.7 Å². The lowest BCUT2D eigenvalue weighted by Gasteiger charge is -2.28. The van der Waals surface area contributed by atoms with Crippen molar-refractivity contribution in [3.05, 3.63) is 12.4 Å². The Bertz CT molecular complexity index is 254. The van der Waals surface area contributed by atoms with Crippen molar-refractivity contribution in [3.8, 4) is 0 Å². The Morgan fingerprint density at radius 3 is 2.67 bits per heavy atom. The summed E-state index contributed by atoms with van der Waals surface area (Å²) in [7, 11) is 0. The highest BCUT2D eigenvalue weighted by Crippen LogP contribution is 2.24. The van der Waals surface area contributed by atoms with E-state index in [1.54, 1.807) is 6.20 Å². The van der Waals surface area contributed by atoms with Crippen LogP contribution in [0.15, 0.2) is 12.4 Å². The van der Waals surface area contributed by atoms with Crippen molar-refractivity contribution in [1.82, 2.24) is 9.97 Å². The maximum Gasteiger partial charge on any atom is 0.200 e. The fourth-order valence-electron chi connectivity index (χ4n) is 2.08. The van der Waals surface area contributed by atoms with Crippen LogP contribution in [-0.4, -0.2) is 22.6 Å². The quantitative estimate of drug-likeness (QED) is 0.789. The van der Waals surface area contributed by atoms with Crippen LogP contribution in [0.4, 0.5) is 5.95 Å². The van der Waals surface area contributed by atoms with E-state index in [0.29, 0.717) is 6.04 Å². The van der Waals surface area contributed by atoms with Crippen LogP contribution in [0.2, 0.25) is 0 Å². The summed E-state index contributed by atoms with van der Waals surface area (Å²) in [5, 5.41) is 3.40. The predicted octanol–water partition coefficient (Wildman–Crippen LogP) is 1.92. The molecule has 4 nitrogen and oxygen atoms in total. The molecular formula is C10H19BrN4. The highest BCUT2D eigenvalue weighted by Gasteiger charge is 2.20. The monoisotopic (exact) mass is 274 g/mol. The van der Waals surface area contributed by atoms with Gasteiger partial charge in [0, 0.05) is 18.4 Å². The molecular weight excluding hydrogens is 256 g/mol. The molecule has 1 aromatic rings. The second-order valence-corrected chi connectivity index (χ2v) is 4.04. The molecule has 0 bridgehead atoms. The predicted molar refractivity (Wildman–Crippen MR) is 67.3 cm³/mol. The maximum absolute atomic E-state index is 5.65. The Morgan fingerprint density at radius 2 is 2.13 bits per heavy atom. The van der Waals surface area contributed by atoms with E-state index in [1.165, 1.54) is 25.7 Å². The number of nitrogens with one attached hydrogen (secondary N) is 2. The van der Waals surface area contributed by atoms with E-state index in [1.807, 2.05) is 6.20 Å². The number of H-pyrrole nitrogens is 1. The fourth-order valence-corrected chi connectivity index (χ4v) is 2.08. The Kier molecular flexibility index (Phi) is 5.11. The summed E-state index contributed by atoms with van der Waals surface area (Å²) in [5.74, 6) is 1.63. The smallest absolute Gasteiger partial charge is 0.200 e. The molecule has 1 aliphatic carbocycles. The molecule has 0 unspecified atom stereocenters. The van der Waals surface area contributed by atoms with Crippen molar-refractivity contribution >= 4 is 22.9 Å². The topological polar surface area (TPSA) is 66.7 Å². The third kappa shape index (κ3) is 3.50. The van der Waals surface area contributed by atoms with Gasteiger partial charge in [-0.2, -0.15) is 0 Å². The molecule has 0 amide bonds. The Hall–Kier alpha value is -0.550. The zero-order chi connectivity index (χ0) is 9.80. The van der Waals surface area contributed by atoms with Gasteiger partial charge in [-0.1, -0.05) is 0 Å². The largest absolute Gasteiger partial charge is 0.353 e. The van der Waals surface area contributed by atoms with Gasteiger partial charge in [-0.25, -0.2) is 4.98 Å². The first-order valence-corrected chi connectivity index (χ1v) is 5.34. The van der Waals surface area contributed by atoms with Crippen molar-refractivity contribution in [1.29, 1.82) is 0 Å². The minimum absolute atomic E-state index is 0. The number of nitrogens with zero attached hydrogens (tertiary/aromatic N) is 1. The highest BCUT2D eigenvalue weighted by atomic mass is 79.9. The van der Waals surface area contributed by atoms with Crippen LogP contribution in [0.25, 0.3) is 0 Å². The molecule has 2 rings (SSSR count). The lowest BCUT2D eigenvalue weighted by molar-refractivity contribution is 0.344. The lowest BCUT2D eigenvalue weighted by Crippen LogP contribution is -2.29. The third-order valence-electron chi connectivity index (χ3n) is 3.02. The summed E-state index contributed by atoms with van der Waals surface area (Å²) in [6.07, 6.45) is 8.52. The Labute approximate surface area is 101 Å². The van der Waals surface area contributed by atoms with Crippen molar-refractivity contribution in [2.75, 3.05) is 11.9 Å². The molecule has 1 aliphatic rings. The minimum Gasteiger partial charge on any atom is -0.353 e. The van der Waals surface area contributed by atoms with Crippen LogP contribution < -0.4 is 11.1 Å². The van der Waals surface area contributed by atoms with E-state index < -0.39 is 0 Å². The SMILES string of the molecule is Br.NCC1CCC(Nc2ncc[nH]2)CC1. The molecule has 0 saturated heterocycles. The molecule has 1 aromatic heterocycles. The third-order valence-corrected chi connectivity index (χ3v) is 3.02. The molecule has 4 N–H and O–H groups in total. The van der Waals surface area contributed by atoms with Gasteiger partial charge in [0.15, 0.2) is 5.95 Å². The number of nitrogens with two attached hydrogens (primary N) is 1. The van der Waals surface area contributed by atoms with Crippen LogP contribution in [-0.2, 0) is 0 Å². The summed E-state index contributed by atoms with van der Waals surface area (Å²) in [6, 6.07) is 0.573. The first kappa shape index (κ1) is 12.5. The fraction of sp³-hybridized carbons (Fsp3) is 0.700. The van der Waals surface area contributed by atoms with Gasteiger partial charge in [-0.3, -0.25) is 0 Å². The molecule has 1 heterocycles. The average molecular weight is 275 g/mol. The zero-order valence-corrected chi connectivity index (χ0v) is 10.5. The molecule has 0 radical (unpaired) electrons. The standard InChI is InChI=1S/C10H18N4.BrH/c11-7-8-1-3-9(4-2-8)14-10-12-5-6-13-10;/h5-6,8-9H,1-4,7,11H2,(H2,12,13,14);1H. The summed E-state index contributed by atoms with van der Waals surface area (Å²) < 4.78 is 0. The van der Waals surface area contributed by atoms with E-state index in [2.05, 4.69) is 15.3 Å². The van der Waals surface area contributed by atoms with Crippen molar-refractivity contribution < 1.29 is 0 Å². The number of imidazole rings is 1. The van der Waals surface area contributed by atoms with Crippen LogP contribution in [0.1, 0.15) is 25.7 Å². The number of anilines is 1. The summed E-state index contributed by atoms with van der Waals surface area (Å²) in [4.78, 5) is 7.22. The van der Waals surface area contributed by atoms with Gasteiger partial charge in [0.1, 0.15) is 0 Å². The molecule has 0 aliphatic heterocycles. The second kappa shape index (κ2) is 6.12. The molecule has 86 valence electrons. The second-order valence-electron chi connectivity index (χ2n) is 4.04. The van der Waals surface area contributed by atoms with Crippen LogP contribution in [0.5, 0.6) is 0 Å². The molecule has 5 heteroatoms. The van der Waals surface area contributed by atoms with Crippen LogP contribution in [0, 0.1) is 5.92 Å². The van der Waals surface area contributed by atoms with Crippen LogP contribution >= 0.6 is 17.0 Å². The summed E-state index contributed by atoms with van der Waals surface area (Å²) in [5.41, 5.74) is 5.65. The van der Waals surface area contributed by atoms with E-state index in [0.717, 1.165) is 18.4 Å². The van der Waals surface area contributed by atoms with Gasteiger partial charge >= 0.3 is 0 Å². The van der Waals surface area contributed by atoms with Gasteiger partial charge in [0.25, 0.3) is 0 Å². The average Bonchev–Trinajstić information content (AvgIpc) is 2.72. The first-order valence-electron chi connectivity index (χ1n) is 5.34. The van der Waals surface area contributed by atoms with Gasteiger partial charge in [0.05, 0.1) is 0 Å². The number of hydrogen-bond acceptors (Lipinski definition) is 3. The number of hydrogen-bond donors (Lipinski definition) is 3. The normalized spacial score (nSPS) is 25.7. The van der Waals surface area contributed by atoms with Gasteiger partial charge in [-0.05, 0) is 38.1 Å². The number of aromatic amines is 1. The molecule has 15 heavy (non-hydrogen) atoms. The zero-order valence-electron chi connectivity index (χ0n) is 8.78. The summed E-state index contributed by atoms with van der Waals surface area (Å²) in [6.45, 7) is 0.841. The summed E-state index contributed by atoms with van der Waals surface area (Å²) >= 11 is 0. The van der Waals surface area contributed by atoms with E-state index in [-0.39, 0.29) is 17.0 Å². The Morgan fingerprint density at radius 1 is 1.40 bits per heavy atom. The lowest BCUT2D eigenvalue weighted by atomic mass is 9.86. The number of halogens is 1. The minimum atomic E-state index is 0. The van der Waals surface area contributed by atoms with Gasteiger partial charge in [0.2, 0.25) is 0 Å². The van der Waals surface area contributed by atoms with E-state index in [4.69, 9.17) is 5.73 Å². The maximum atomic E-state index is 5.65.